The van der Waals surface area contributed by atoms with Crippen LogP contribution in [0.2, 0.25) is 0 Å². The maximum Gasteiger partial charge on any atom is 0.162 e. The smallest absolute Gasteiger partial charge is 0.162 e. The Kier molecular flexibility index (Phi) is 4.76. The Morgan fingerprint density at radius 2 is 1.23 bits per heavy atom. The van der Waals surface area contributed by atoms with Crippen LogP contribution in [0.4, 0.5) is 5.69 Å². The van der Waals surface area contributed by atoms with Crippen LogP contribution in [-0.2, 0) is 9.59 Å². The molecule has 0 unspecified atom stereocenters. The lowest BCUT2D eigenvalue weighted by atomic mass is 9.64. The lowest BCUT2D eigenvalue weighted by Gasteiger charge is -2.47. The molecular weight excluding hydrogens is 372 g/mol. The molecule has 3 aliphatic rings. The first-order valence-corrected chi connectivity index (χ1v) is 10.9. The lowest BCUT2D eigenvalue weighted by Crippen LogP contribution is -2.43. The third-order valence-corrected chi connectivity index (χ3v) is 6.92. The number of hydrogen-bond donors (Lipinski definition) is 0. The van der Waals surface area contributed by atoms with Crippen molar-refractivity contribution < 1.29 is 9.59 Å². The number of hydrogen-bond acceptors (Lipinski definition) is 4. The minimum absolute atomic E-state index is 0.0598. The first-order chi connectivity index (χ1) is 13.9. The third kappa shape index (κ3) is 3.40. The van der Waals surface area contributed by atoms with Crippen LogP contribution in [-0.4, -0.2) is 37.6 Å². The number of carbonyl (C=O) groups is 2. The van der Waals surface area contributed by atoms with Gasteiger partial charge in [0.2, 0.25) is 0 Å². The fraction of sp³-hybridized carbons (Fsp3) is 0.538. The van der Waals surface area contributed by atoms with Crippen molar-refractivity contribution in [1.29, 1.82) is 0 Å². The zero-order valence-corrected chi connectivity index (χ0v) is 19.4. The summed E-state index contributed by atoms with van der Waals surface area (Å²) in [5.74, 6) is 0.146. The van der Waals surface area contributed by atoms with E-state index in [1.54, 1.807) is 0 Å². The number of benzene rings is 1. The number of ketones is 2. The highest BCUT2D eigenvalue weighted by molar-refractivity contribution is 6.06. The molecule has 0 aromatic heterocycles. The van der Waals surface area contributed by atoms with E-state index in [9.17, 15) is 9.59 Å². The molecule has 30 heavy (non-hydrogen) atoms. The molecule has 0 amide bonds. The second-order valence-electron chi connectivity index (χ2n) is 11.1. The van der Waals surface area contributed by atoms with Gasteiger partial charge < -0.3 is 9.80 Å². The molecule has 0 radical (unpaired) electrons. The first-order valence-electron chi connectivity index (χ1n) is 10.9. The number of Topliss-reactive ketones (excluding diaryl/α,β-unsaturated/α-hetero) is 2. The van der Waals surface area contributed by atoms with Gasteiger partial charge in [-0.3, -0.25) is 9.59 Å². The van der Waals surface area contributed by atoms with Gasteiger partial charge >= 0.3 is 0 Å². The van der Waals surface area contributed by atoms with Gasteiger partial charge in [-0.1, -0.05) is 39.8 Å². The topological polar surface area (TPSA) is 40.6 Å². The quantitative estimate of drug-likeness (QED) is 0.688. The largest absolute Gasteiger partial charge is 0.378 e. The Labute approximate surface area is 180 Å². The minimum Gasteiger partial charge on any atom is -0.378 e. The SMILES string of the molecule is CN1C2=C(C(=O)CC(C)(C)C2)C(c2ccc(N(C)C)cc2)C2=C1CC(C)(C)CC2=O. The molecule has 0 spiro atoms. The highest BCUT2D eigenvalue weighted by Gasteiger charge is 2.48. The lowest BCUT2D eigenvalue weighted by molar-refractivity contribution is -0.119. The average Bonchev–Trinajstić information content (AvgIpc) is 2.62. The van der Waals surface area contributed by atoms with E-state index in [1.807, 2.05) is 14.1 Å². The van der Waals surface area contributed by atoms with Gasteiger partial charge in [-0.25, -0.2) is 0 Å². The molecule has 4 rings (SSSR count). The van der Waals surface area contributed by atoms with Crippen LogP contribution < -0.4 is 4.90 Å². The summed E-state index contributed by atoms with van der Waals surface area (Å²) in [5.41, 5.74) is 5.97. The van der Waals surface area contributed by atoms with Crippen molar-refractivity contribution in [2.24, 2.45) is 10.8 Å². The van der Waals surface area contributed by atoms with Crippen molar-refractivity contribution in [3.8, 4) is 0 Å². The monoisotopic (exact) mass is 406 g/mol. The molecule has 4 heteroatoms. The standard InChI is InChI=1S/C26H34N2O2/c1-25(2)12-18-23(20(29)14-25)22(16-8-10-17(11-9-16)27(5)6)24-19(28(18)7)13-26(3,4)15-21(24)30/h8-11,22H,12-15H2,1-7H3. The number of anilines is 1. The third-order valence-electron chi connectivity index (χ3n) is 6.92. The molecule has 4 nitrogen and oxygen atoms in total. The summed E-state index contributed by atoms with van der Waals surface area (Å²) in [6, 6.07) is 8.37. The van der Waals surface area contributed by atoms with E-state index in [1.165, 1.54) is 0 Å². The maximum atomic E-state index is 13.4. The molecule has 1 aromatic carbocycles. The van der Waals surface area contributed by atoms with Gasteiger partial charge in [0.15, 0.2) is 11.6 Å². The summed E-state index contributed by atoms with van der Waals surface area (Å²) in [6.07, 6.45) is 2.80. The van der Waals surface area contributed by atoms with Crippen molar-refractivity contribution in [1.82, 2.24) is 4.90 Å². The van der Waals surface area contributed by atoms with Crippen molar-refractivity contribution in [2.45, 2.75) is 59.3 Å². The van der Waals surface area contributed by atoms with Crippen LogP contribution >= 0.6 is 0 Å². The predicted octanol–water partition coefficient (Wildman–Crippen LogP) is 5.07. The van der Waals surface area contributed by atoms with E-state index < -0.39 is 0 Å². The molecule has 2 aliphatic carbocycles. The van der Waals surface area contributed by atoms with Gasteiger partial charge in [0.25, 0.3) is 0 Å². The van der Waals surface area contributed by atoms with Crippen LogP contribution in [0.3, 0.4) is 0 Å². The fourth-order valence-corrected chi connectivity index (χ4v) is 5.46. The van der Waals surface area contributed by atoms with Gasteiger partial charge in [0, 0.05) is 68.1 Å². The zero-order chi connectivity index (χ0) is 22.0. The maximum absolute atomic E-state index is 13.4. The Morgan fingerprint density at radius 1 is 0.800 bits per heavy atom. The summed E-state index contributed by atoms with van der Waals surface area (Å²) in [4.78, 5) is 31.1. The fourth-order valence-electron chi connectivity index (χ4n) is 5.46. The first kappa shape index (κ1) is 20.9. The molecule has 0 N–H and O–H groups in total. The van der Waals surface area contributed by atoms with E-state index >= 15 is 0 Å². The van der Waals surface area contributed by atoms with Gasteiger partial charge in [0.1, 0.15) is 0 Å². The van der Waals surface area contributed by atoms with Crippen LogP contribution in [0.25, 0.3) is 0 Å². The van der Waals surface area contributed by atoms with Gasteiger partial charge in [-0.2, -0.15) is 0 Å². The average molecular weight is 407 g/mol. The van der Waals surface area contributed by atoms with Crippen molar-refractivity contribution in [3.63, 3.8) is 0 Å². The molecule has 1 aliphatic heterocycles. The Hall–Kier alpha value is -2.36. The van der Waals surface area contributed by atoms with Crippen molar-refractivity contribution in [2.75, 3.05) is 26.0 Å². The summed E-state index contributed by atoms with van der Waals surface area (Å²) in [5, 5.41) is 0. The van der Waals surface area contributed by atoms with Gasteiger partial charge in [-0.05, 0) is 41.4 Å². The highest BCUT2D eigenvalue weighted by Crippen LogP contribution is 2.53. The number of carbonyl (C=O) groups excluding carboxylic acids is 2. The van der Waals surface area contributed by atoms with Gasteiger partial charge in [-0.15, -0.1) is 0 Å². The number of allylic oxidation sites excluding steroid dienone is 4. The molecule has 0 bridgehead atoms. The van der Waals surface area contributed by atoms with Crippen molar-refractivity contribution in [3.05, 3.63) is 52.4 Å². The molecule has 0 saturated carbocycles. The molecule has 0 atom stereocenters. The van der Waals surface area contributed by atoms with E-state index in [0.717, 1.165) is 46.6 Å². The van der Waals surface area contributed by atoms with Crippen LogP contribution in [0.15, 0.2) is 46.8 Å². The zero-order valence-electron chi connectivity index (χ0n) is 19.4. The predicted molar refractivity (Wildman–Crippen MR) is 121 cm³/mol. The van der Waals surface area contributed by atoms with E-state index in [4.69, 9.17) is 0 Å². The van der Waals surface area contributed by atoms with Crippen molar-refractivity contribution >= 4 is 17.3 Å². The van der Waals surface area contributed by atoms with Crippen LogP contribution in [0, 0.1) is 10.8 Å². The number of nitrogens with zero attached hydrogens (tertiary/aromatic N) is 2. The molecule has 0 saturated heterocycles. The Balaban J connectivity index is 1.92. The Morgan fingerprint density at radius 3 is 1.63 bits per heavy atom. The van der Waals surface area contributed by atoms with Crippen LogP contribution in [0.1, 0.15) is 64.9 Å². The normalized spacial score (nSPS) is 23.5. The number of rotatable bonds is 2. The molecule has 0 fully saturated rings. The second kappa shape index (κ2) is 6.83. The van der Waals surface area contributed by atoms with E-state index in [2.05, 4.69) is 68.8 Å². The molecular formula is C26H34N2O2. The van der Waals surface area contributed by atoms with E-state index in [-0.39, 0.29) is 28.3 Å². The summed E-state index contributed by atoms with van der Waals surface area (Å²) >= 11 is 0. The minimum atomic E-state index is -0.241. The summed E-state index contributed by atoms with van der Waals surface area (Å²) in [6.45, 7) is 8.68. The molecule has 160 valence electrons. The Bertz CT molecular complexity index is 923. The summed E-state index contributed by atoms with van der Waals surface area (Å²) in [7, 11) is 6.09. The molecule has 1 heterocycles. The molecule has 1 aromatic rings. The second-order valence-corrected chi connectivity index (χ2v) is 11.1. The van der Waals surface area contributed by atoms with Crippen LogP contribution in [0.5, 0.6) is 0 Å². The van der Waals surface area contributed by atoms with Gasteiger partial charge in [0.05, 0.1) is 0 Å². The summed E-state index contributed by atoms with van der Waals surface area (Å²) < 4.78 is 0. The highest BCUT2D eigenvalue weighted by atomic mass is 16.1. The van der Waals surface area contributed by atoms with E-state index in [0.29, 0.717) is 12.8 Å².